The van der Waals surface area contributed by atoms with Crippen molar-refractivity contribution in [3.8, 4) is 0 Å². The molecular formula is C31H38N7O5S+. The van der Waals surface area contributed by atoms with E-state index in [1.807, 2.05) is 31.3 Å². The minimum atomic E-state index is -3.72. The summed E-state index contributed by atoms with van der Waals surface area (Å²) in [4.78, 5) is 31.0. The van der Waals surface area contributed by atoms with Crippen molar-refractivity contribution in [1.29, 1.82) is 0 Å². The monoisotopic (exact) mass is 620 g/mol. The van der Waals surface area contributed by atoms with Gasteiger partial charge in [0.05, 0.1) is 49.9 Å². The number of aromatic nitrogens is 3. The second kappa shape index (κ2) is 12.9. The number of likely N-dealkylation sites (N-methyl/N-ethyl adjacent to an activating group) is 1. The van der Waals surface area contributed by atoms with Gasteiger partial charge in [-0.2, -0.15) is 4.31 Å². The van der Waals surface area contributed by atoms with Crippen molar-refractivity contribution in [2.75, 3.05) is 38.1 Å². The van der Waals surface area contributed by atoms with Crippen LogP contribution in [0.15, 0.2) is 76.2 Å². The number of amides is 2. The summed E-state index contributed by atoms with van der Waals surface area (Å²) < 4.78 is 35.6. The molecule has 1 saturated heterocycles. The van der Waals surface area contributed by atoms with Gasteiger partial charge in [0.1, 0.15) is 17.8 Å². The second-order valence-electron chi connectivity index (χ2n) is 11.6. The number of benzene rings is 2. The molecule has 44 heavy (non-hydrogen) atoms. The lowest BCUT2D eigenvalue weighted by molar-refractivity contribution is -0.883. The number of anilines is 1. The summed E-state index contributed by atoms with van der Waals surface area (Å²) in [6.07, 6.45) is 6.41. The molecule has 2 aromatic heterocycles. The molecule has 0 spiro atoms. The van der Waals surface area contributed by atoms with Gasteiger partial charge in [0.25, 0.3) is 5.91 Å². The first kappa shape index (κ1) is 30.0. The minimum absolute atomic E-state index is 0.00265. The van der Waals surface area contributed by atoms with E-state index in [-0.39, 0.29) is 23.4 Å². The normalized spacial score (nSPS) is 17.8. The van der Waals surface area contributed by atoms with E-state index in [2.05, 4.69) is 15.6 Å². The highest BCUT2D eigenvalue weighted by Crippen LogP contribution is 2.31. The van der Waals surface area contributed by atoms with Crippen molar-refractivity contribution in [3.63, 3.8) is 0 Å². The molecule has 2 fully saturated rings. The quantitative estimate of drug-likeness (QED) is 0.291. The van der Waals surface area contributed by atoms with E-state index < -0.39 is 22.0 Å². The molecule has 1 aliphatic heterocycles. The number of hydrogen-bond acceptors (Lipinski definition) is 7. The van der Waals surface area contributed by atoms with Crippen molar-refractivity contribution in [1.82, 2.24) is 24.6 Å². The average molecular weight is 621 g/mol. The minimum Gasteiger partial charge on any atom is -0.467 e. The fraction of sp³-hybridized carbons (Fsp3) is 0.419. The maximum Gasteiger partial charge on any atom is 0.251 e. The van der Waals surface area contributed by atoms with Gasteiger partial charge in [-0.05, 0) is 61.4 Å². The summed E-state index contributed by atoms with van der Waals surface area (Å²) in [5, 5.41) is 11.5. The molecule has 1 aliphatic carbocycles. The maximum atomic E-state index is 14.2. The van der Waals surface area contributed by atoms with Gasteiger partial charge in [0.2, 0.25) is 15.9 Å². The number of nitrogens with zero attached hydrogens (tertiary/aromatic N) is 5. The zero-order valence-corrected chi connectivity index (χ0v) is 25.6. The lowest BCUT2D eigenvalue weighted by Gasteiger charge is -2.32. The summed E-state index contributed by atoms with van der Waals surface area (Å²) in [7, 11) is -1.67. The molecule has 3 heterocycles. The second-order valence-corrected chi connectivity index (χ2v) is 13.6. The molecule has 2 N–H and O–H groups in total. The Morgan fingerprint density at radius 2 is 1.75 bits per heavy atom. The van der Waals surface area contributed by atoms with Crippen LogP contribution in [0.5, 0.6) is 0 Å². The number of para-hydroxylation sites is 1. The predicted octanol–water partition coefficient (Wildman–Crippen LogP) is 1.77. The Morgan fingerprint density at radius 3 is 2.45 bits per heavy atom. The first-order valence-electron chi connectivity index (χ1n) is 15.2. The number of furan rings is 1. The van der Waals surface area contributed by atoms with Crippen LogP contribution in [0.1, 0.15) is 43.9 Å². The van der Waals surface area contributed by atoms with E-state index in [0.717, 1.165) is 45.2 Å². The Morgan fingerprint density at radius 1 is 1.02 bits per heavy atom. The van der Waals surface area contributed by atoms with Crippen LogP contribution in [0, 0.1) is 0 Å². The molecule has 6 rings (SSSR count). The number of hydrogen-bond donors (Lipinski definition) is 2. The number of sulfonamides is 1. The smallest absolute Gasteiger partial charge is 0.251 e. The highest BCUT2D eigenvalue weighted by atomic mass is 32.2. The lowest BCUT2D eigenvalue weighted by Crippen LogP contribution is -3.12. The Hall–Kier alpha value is -4.07. The van der Waals surface area contributed by atoms with Gasteiger partial charge in [0, 0.05) is 11.7 Å². The van der Waals surface area contributed by atoms with Crippen LogP contribution in [0.25, 0.3) is 11.0 Å². The molecule has 13 heteroatoms. The number of fused-ring (bicyclic) bond motifs is 1. The van der Waals surface area contributed by atoms with Gasteiger partial charge < -0.3 is 14.6 Å². The molecular weight excluding hydrogens is 582 g/mol. The van der Waals surface area contributed by atoms with Crippen LogP contribution in [0.4, 0.5) is 5.69 Å². The third-order valence-electron chi connectivity index (χ3n) is 8.57. The average Bonchev–Trinajstić information content (AvgIpc) is 3.71. The third kappa shape index (κ3) is 6.26. The standard InChI is InChI=1S/C31H37N7O5S/c1-35-17-19-36(20-18-35)44(41,42)25-15-13-24(14-16-25)38(29(39)22-37-27-11-6-5-10-26(27)33-34-37)30(28-12-7-21-43-28)31(40)32-23-8-3-2-4-9-23/h5-7,10-16,21,23,30H,2-4,8-9,17-20,22H2,1H3,(H,32,40)/p+1. The van der Waals surface area contributed by atoms with Crippen molar-refractivity contribution >= 4 is 38.6 Å². The number of rotatable bonds is 9. The SMILES string of the molecule is C[NH+]1CCN(S(=O)(=O)c2ccc(N(C(=O)Cn3nnc4ccccc43)C(C(=O)NC3CCCCC3)c3ccco3)cc2)CC1. The maximum absolute atomic E-state index is 14.2. The van der Waals surface area contributed by atoms with E-state index in [4.69, 9.17) is 4.42 Å². The van der Waals surface area contributed by atoms with Crippen LogP contribution >= 0.6 is 0 Å². The van der Waals surface area contributed by atoms with E-state index >= 15 is 0 Å². The molecule has 2 aromatic carbocycles. The molecule has 2 aliphatic rings. The molecule has 0 bridgehead atoms. The van der Waals surface area contributed by atoms with Crippen LogP contribution in [-0.2, 0) is 26.2 Å². The number of carbonyl (C=O) groups is 2. The largest absolute Gasteiger partial charge is 0.467 e. The third-order valence-corrected chi connectivity index (χ3v) is 10.5. The number of nitrogens with one attached hydrogen (secondary N) is 2. The van der Waals surface area contributed by atoms with Crippen molar-refractivity contribution in [2.24, 2.45) is 0 Å². The molecule has 4 aromatic rings. The number of carbonyl (C=O) groups excluding carboxylic acids is 2. The van der Waals surface area contributed by atoms with Crippen LogP contribution in [0.2, 0.25) is 0 Å². The van der Waals surface area contributed by atoms with Crippen LogP contribution in [-0.4, -0.2) is 78.8 Å². The van der Waals surface area contributed by atoms with Gasteiger partial charge in [-0.25, -0.2) is 13.1 Å². The summed E-state index contributed by atoms with van der Waals surface area (Å²) in [6, 6.07) is 15.7. The van der Waals surface area contributed by atoms with E-state index in [0.29, 0.717) is 35.6 Å². The Labute approximate surface area is 256 Å². The topological polar surface area (TPSA) is 135 Å². The molecule has 0 radical (unpaired) electrons. The molecule has 232 valence electrons. The molecule has 2 amide bonds. The van der Waals surface area contributed by atoms with Crippen molar-refractivity contribution in [2.45, 2.75) is 55.6 Å². The fourth-order valence-corrected chi connectivity index (χ4v) is 7.50. The Kier molecular flexibility index (Phi) is 8.78. The number of quaternary nitrogens is 1. The van der Waals surface area contributed by atoms with Gasteiger partial charge in [0.15, 0.2) is 6.04 Å². The van der Waals surface area contributed by atoms with Crippen molar-refractivity contribution < 1.29 is 27.3 Å². The Bertz CT molecular complexity index is 1690. The van der Waals surface area contributed by atoms with Crippen molar-refractivity contribution in [3.05, 3.63) is 72.7 Å². The van der Waals surface area contributed by atoms with Gasteiger partial charge in [-0.3, -0.25) is 14.5 Å². The first-order valence-corrected chi connectivity index (χ1v) is 16.6. The zero-order chi connectivity index (χ0) is 30.7. The summed E-state index contributed by atoms with van der Waals surface area (Å²) in [5.41, 5.74) is 1.68. The molecule has 12 nitrogen and oxygen atoms in total. The molecule has 1 atom stereocenters. The van der Waals surface area contributed by atoms with Gasteiger partial charge >= 0.3 is 0 Å². The highest BCUT2D eigenvalue weighted by Gasteiger charge is 2.37. The fourth-order valence-electron chi connectivity index (χ4n) is 6.06. The zero-order valence-electron chi connectivity index (χ0n) is 24.8. The Balaban J connectivity index is 1.36. The molecule has 1 saturated carbocycles. The van der Waals surface area contributed by atoms with Crippen LogP contribution in [0.3, 0.4) is 0 Å². The van der Waals surface area contributed by atoms with Gasteiger partial charge in [-0.15, -0.1) is 5.10 Å². The van der Waals surface area contributed by atoms with Gasteiger partial charge in [-0.1, -0.05) is 36.6 Å². The summed E-state index contributed by atoms with van der Waals surface area (Å²) >= 11 is 0. The van der Waals surface area contributed by atoms with Crippen LogP contribution < -0.4 is 15.1 Å². The van der Waals surface area contributed by atoms with E-state index in [1.165, 1.54) is 37.2 Å². The summed E-state index contributed by atoms with van der Waals surface area (Å²) in [5.74, 6) is -0.495. The van der Waals surface area contributed by atoms with E-state index in [9.17, 15) is 18.0 Å². The highest BCUT2D eigenvalue weighted by molar-refractivity contribution is 7.89. The van der Waals surface area contributed by atoms with E-state index in [1.54, 1.807) is 24.3 Å². The predicted molar refractivity (Wildman–Crippen MR) is 163 cm³/mol. The number of piperazine rings is 1. The molecule has 1 unspecified atom stereocenters. The first-order chi connectivity index (χ1) is 21.3. The summed E-state index contributed by atoms with van der Waals surface area (Å²) in [6.45, 7) is 2.15. The lowest BCUT2D eigenvalue weighted by atomic mass is 9.95.